The van der Waals surface area contributed by atoms with Crippen LogP contribution >= 0.6 is 0 Å². The van der Waals surface area contributed by atoms with Gasteiger partial charge in [0, 0.05) is 0 Å². The van der Waals surface area contributed by atoms with Gasteiger partial charge < -0.3 is 0 Å². The maximum Gasteiger partial charge on any atom is -0.00619 e. The van der Waals surface area contributed by atoms with Gasteiger partial charge in [-0.25, -0.2) is 0 Å². The largest absolute Gasteiger partial charge is 0.0990 e. The van der Waals surface area contributed by atoms with Crippen molar-refractivity contribution in [3.63, 3.8) is 0 Å². The number of hydrogen-bond acceptors (Lipinski definition) is 0. The molecule has 0 atom stereocenters. The summed E-state index contributed by atoms with van der Waals surface area (Å²) in [5, 5.41) is 0. The van der Waals surface area contributed by atoms with Gasteiger partial charge in [0.05, 0.1) is 0 Å². The highest BCUT2D eigenvalue weighted by Gasteiger charge is 2.15. The quantitative estimate of drug-likeness (QED) is 0.612. The maximum absolute atomic E-state index is 4.16. The summed E-state index contributed by atoms with van der Waals surface area (Å²) in [5.41, 5.74) is 4.26. The number of aryl methyl sites for hydroxylation is 1. The van der Waals surface area contributed by atoms with Crippen LogP contribution < -0.4 is 0 Å². The fourth-order valence-corrected chi connectivity index (χ4v) is 1.30. The van der Waals surface area contributed by atoms with Crippen LogP contribution in [0.2, 0.25) is 0 Å². The molecule has 0 heterocycles. The van der Waals surface area contributed by atoms with E-state index in [0.29, 0.717) is 0 Å². The Morgan fingerprint density at radius 1 is 1.21 bits per heavy atom. The second kappa shape index (κ2) is 4.00. The molecule has 1 aromatic rings. The van der Waals surface area contributed by atoms with E-state index in [2.05, 4.69) is 58.5 Å². The standard InChI is InChI=1S/C14H20/c1-11-8-6-7-9-13(11)10-12(2)14(3,4)5/h6-9H,2,10H2,1,3-5H3. The molecule has 0 fully saturated rings. The van der Waals surface area contributed by atoms with E-state index >= 15 is 0 Å². The zero-order valence-electron chi connectivity index (χ0n) is 9.72. The molecule has 0 N–H and O–H groups in total. The Labute approximate surface area is 87.7 Å². The third-order valence-electron chi connectivity index (χ3n) is 2.73. The van der Waals surface area contributed by atoms with Crippen LogP contribution in [-0.4, -0.2) is 0 Å². The molecule has 0 amide bonds. The van der Waals surface area contributed by atoms with E-state index in [1.165, 1.54) is 16.7 Å². The monoisotopic (exact) mass is 188 g/mol. The molecule has 0 nitrogen and oxygen atoms in total. The molecule has 0 unspecified atom stereocenters. The molecule has 1 aromatic carbocycles. The topological polar surface area (TPSA) is 0 Å². The van der Waals surface area contributed by atoms with E-state index in [1.807, 2.05) is 0 Å². The molecule has 1 rings (SSSR count). The van der Waals surface area contributed by atoms with E-state index in [9.17, 15) is 0 Å². The average molecular weight is 188 g/mol. The normalized spacial score (nSPS) is 11.4. The lowest BCUT2D eigenvalue weighted by molar-refractivity contribution is 0.493. The van der Waals surface area contributed by atoms with Crippen molar-refractivity contribution in [1.29, 1.82) is 0 Å². The molecule has 14 heavy (non-hydrogen) atoms. The molecule has 0 saturated carbocycles. The van der Waals surface area contributed by atoms with Gasteiger partial charge in [0.1, 0.15) is 0 Å². The van der Waals surface area contributed by atoms with Crippen LogP contribution in [0.1, 0.15) is 31.9 Å². The summed E-state index contributed by atoms with van der Waals surface area (Å²) in [6, 6.07) is 8.52. The Bertz CT molecular complexity index is 326. The SMILES string of the molecule is C=C(Cc1ccccc1C)C(C)(C)C. The Morgan fingerprint density at radius 2 is 1.79 bits per heavy atom. The highest BCUT2D eigenvalue weighted by Crippen LogP contribution is 2.27. The second-order valence-corrected chi connectivity index (χ2v) is 4.96. The first-order chi connectivity index (χ1) is 6.41. The van der Waals surface area contributed by atoms with Gasteiger partial charge in [-0.3, -0.25) is 0 Å². The van der Waals surface area contributed by atoms with Crippen molar-refractivity contribution in [3.05, 3.63) is 47.5 Å². The minimum Gasteiger partial charge on any atom is -0.0990 e. The summed E-state index contributed by atoms with van der Waals surface area (Å²) in [6.07, 6.45) is 0.996. The van der Waals surface area contributed by atoms with E-state index in [1.54, 1.807) is 0 Å². The molecule has 0 bridgehead atoms. The molecule has 0 aliphatic heterocycles. The van der Waals surface area contributed by atoms with Crippen molar-refractivity contribution >= 4 is 0 Å². The molecule has 0 saturated heterocycles. The summed E-state index contributed by atoms with van der Waals surface area (Å²) in [4.78, 5) is 0. The van der Waals surface area contributed by atoms with E-state index < -0.39 is 0 Å². The number of hydrogen-bond donors (Lipinski definition) is 0. The number of rotatable bonds is 2. The predicted molar refractivity (Wildman–Crippen MR) is 63.5 cm³/mol. The van der Waals surface area contributed by atoms with Crippen LogP contribution in [-0.2, 0) is 6.42 Å². The first kappa shape index (κ1) is 11.0. The van der Waals surface area contributed by atoms with Gasteiger partial charge in [-0.05, 0) is 29.9 Å². The number of benzene rings is 1. The molecule has 76 valence electrons. The first-order valence-corrected chi connectivity index (χ1v) is 5.14. The molecular weight excluding hydrogens is 168 g/mol. The Kier molecular flexibility index (Phi) is 3.15. The van der Waals surface area contributed by atoms with Crippen LogP contribution in [0.15, 0.2) is 36.4 Å². The molecule has 0 heteroatoms. The first-order valence-electron chi connectivity index (χ1n) is 5.14. The summed E-state index contributed by atoms with van der Waals surface area (Å²) < 4.78 is 0. The van der Waals surface area contributed by atoms with Gasteiger partial charge in [0.25, 0.3) is 0 Å². The van der Waals surface area contributed by atoms with Crippen LogP contribution in [0.25, 0.3) is 0 Å². The molecule has 0 aliphatic carbocycles. The lowest BCUT2D eigenvalue weighted by Crippen LogP contribution is -2.10. The van der Waals surface area contributed by atoms with E-state index in [4.69, 9.17) is 0 Å². The zero-order valence-corrected chi connectivity index (χ0v) is 9.72. The average Bonchev–Trinajstić information content (AvgIpc) is 2.07. The van der Waals surface area contributed by atoms with Gasteiger partial charge in [-0.2, -0.15) is 0 Å². The van der Waals surface area contributed by atoms with Crippen molar-refractivity contribution in [1.82, 2.24) is 0 Å². The fourth-order valence-electron chi connectivity index (χ4n) is 1.30. The second-order valence-electron chi connectivity index (χ2n) is 4.96. The summed E-state index contributed by atoms with van der Waals surface area (Å²) in [5.74, 6) is 0. The van der Waals surface area contributed by atoms with Crippen molar-refractivity contribution in [2.45, 2.75) is 34.1 Å². The van der Waals surface area contributed by atoms with Gasteiger partial charge >= 0.3 is 0 Å². The smallest absolute Gasteiger partial charge is 0.00619 e. The van der Waals surface area contributed by atoms with Crippen molar-refractivity contribution in [2.75, 3.05) is 0 Å². The van der Waals surface area contributed by atoms with Gasteiger partial charge in [-0.15, -0.1) is 0 Å². The van der Waals surface area contributed by atoms with Crippen molar-refractivity contribution in [2.24, 2.45) is 5.41 Å². The van der Waals surface area contributed by atoms with Crippen LogP contribution in [0, 0.1) is 12.3 Å². The van der Waals surface area contributed by atoms with Crippen LogP contribution in [0.3, 0.4) is 0 Å². The minimum atomic E-state index is 0.211. The van der Waals surface area contributed by atoms with Gasteiger partial charge in [-0.1, -0.05) is 57.2 Å². The van der Waals surface area contributed by atoms with Crippen molar-refractivity contribution in [3.8, 4) is 0 Å². The third-order valence-corrected chi connectivity index (χ3v) is 2.73. The zero-order chi connectivity index (χ0) is 10.8. The Hall–Kier alpha value is -1.04. The van der Waals surface area contributed by atoms with E-state index in [0.717, 1.165) is 6.42 Å². The van der Waals surface area contributed by atoms with Crippen LogP contribution in [0.5, 0.6) is 0 Å². The third kappa shape index (κ3) is 2.73. The minimum absolute atomic E-state index is 0.211. The summed E-state index contributed by atoms with van der Waals surface area (Å²) in [7, 11) is 0. The van der Waals surface area contributed by atoms with Crippen molar-refractivity contribution < 1.29 is 0 Å². The molecule has 0 aromatic heterocycles. The summed E-state index contributed by atoms with van der Waals surface area (Å²) >= 11 is 0. The summed E-state index contributed by atoms with van der Waals surface area (Å²) in [6.45, 7) is 13.0. The Balaban J connectivity index is 2.80. The highest BCUT2D eigenvalue weighted by molar-refractivity contribution is 5.30. The Morgan fingerprint density at radius 3 is 2.29 bits per heavy atom. The predicted octanol–water partition coefficient (Wildman–Crippen LogP) is 4.14. The fraction of sp³-hybridized carbons (Fsp3) is 0.429. The molecule has 0 radical (unpaired) electrons. The van der Waals surface area contributed by atoms with Crippen LogP contribution in [0.4, 0.5) is 0 Å². The van der Waals surface area contributed by atoms with Gasteiger partial charge in [0.2, 0.25) is 0 Å². The van der Waals surface area contributed by atoms with E-state index in [-0.39, 0.29) is 5.41 Å². The molecular formula is C14H20. The lowest BCUT2D eigenvalue weighted by atomic mass is 9.83. The lowest BCUT2D eigenvalue weighted by Gasteiger charge is -2.22. The highest BCUT2D eigenvalue weighted by atomic mass is 14.2. The van der Waals surface area contributed by atoms with Gasteiger partial charge in [0.15, 0.2) is 0 Å². The maximum atomic E-state index is 4.16. The number of allylic oxidation sites excluding steroid dienone is 1. The molecule has 0 aliphatic rings. The molecule has 0 spiro atoms.